The highest BCUT2D eigenvalue weighted by Gasteiger charge is 2.08. The SMILES string of the molecule is O=C(O)Nc1cc(Cl)cc2ccoc12. The Morgan fingerprint density at radius 2 is 2.29 bits per heavy atom. The fraction of sp³-hybridized carbons (Fsp3) is 0. The lowest BCUT2D eigenvalue weighted by Crippen LogP contribution is -2.07. The summed E-state index contributed by atoms with van der Waals surface area (Å²) < 4.78 is 5.12. The molecule has 0 atom stereocenters. The summed E-state index contributed by atoms with van der Waals surface area (Å²) in [5.41, 5.74) is 0.835. The van der Waals surface area contributed by atoms with Crippen molar-refractivity contribution < 1.29 is 14.3 Å². The van der Waals surface area contributed by atoms with Gasteiger partial charge in [-0.2, -0.15) is 0 Å². The van der Waals surface area contributed by atoms with Crippen LogP contribution in [0, 0.1) is 0 Å². The molecule has 1 aromatic carbocycles. The van der Waals surface area contributed by atoms with Crippen LogP contribution in [0.5, 0.6) is 0 Å². The Bertz CT molecular complexity index is 492. The van der Waals surface area contributed by atoms with E-state index >= 15 is 0 Å². The Balaban J connectivity index is 2.60. The molecule has 2 N–H and O–H groups in total. The van der Waals surface area contributed by atoms with Gasteiger partial charge < -0.3 is 9.52 Å². The molecule has 0 aliphatic carbocycles. The summed E-state index contributed by atoms with van der Waals surface area (Å²) in [7, 11) is 0. The predicted molar refractivity (Wildman–Crippen MR) is 52.9 cm³/mol. The summed E-state index contributed by atoms with van der Waals surface area (Å²) >= 11 is 5.79. The summed E-state index contributed by atoms with van der Waals surface area (Å²) in [6.07, 6.45) is 0.332. The van der Waals surface area contributed by atoms with Crippen LogP contribution in [-0.4, -0.2) is 11.2 Å². The molecule has 4 nitrogen and oxygen atoms in total. The minimum Gasteiger partial charge on any atom is -0.465 e. The number of amides is 1. The molecule has 0 saturated carbocycles. The van der Waals surface area contributed by atoms with Gasteiger partial charge in [0.2, 0.25) is 0 Å². The minimum absolute atomic E-state index is 0.352. The first kappa shape index (κ1) is 8.90. The van der Waals surface area contributed by atoms with Gasteiger partial charge in [-0.3, -0.25) is 5.32 Å². The number of carbonyl (C=O) groups is 1. The number of halogens is 1. The molecule has 0 aliphatic rings. The fourth-order valence-corrected chi connectivity index (χ4v) is 1.48. The van der Waals surface area contributed by atoms with Crippen LogP contribution in [0.1, 0.15) is 0 Å². The summed E-state index contributed by atoms with van der Waals surface area (Å²) in [6, 6.07) is 4.92. The predicted octanol–water partition coefficient (Wildman–Crippen LogP) is 3.18. The van der Waals surface area contributed by atoms with Gasteiger partial charge in [-0.25, -0.2) is 4.79 Å². The van der Waals surface area contributed by atoms with Crippen molar-refractivity contribution in [1.29, 1.82) is 0 Å². The number of rotatable bonds is 1. The Labute approximate surface area is 84.1 Å². The zero-order valence-corrected chi connectivity index (χ0v) is 7.71. The number of anilines is 1. The van der Waals surface area contributed by atoms with Gasteiger partial charge >= 0.3 is 6.09 Å². The average Bonchev–Trinajstić information content (AvgIpc) is 2.50. The number of hydrogen-bond acceptors (Lipinski definition) is 2. The third kappa shape index (κ3) is 1.52. The molecule has 0 aliphatic heterocycles. The van der Waals surface area contributed by atoms with Gasteiger partial charge in [0.05, 0.1) is 12.0 Å². The zero-order valence-electron chi connectivity index (χ0n) is 6.95. The summed E-state index contributed by atoms with van der Waals surface area (Å²) in [6.45, 7) is 0. The number of carboxylic acid groups (broad SMARTS) is 1. The van der Waals surface area contributed by atoms with Gasteiger partial charge in [0.1, 0.15) is 0 Å². The van der Waals surface area contributed by atoms with Crippen molar-refractivity contribution in [2.75, 3.05) is 5.32 Å². The molecule has 5 heteroatoms. The topological polar surface area (TPSA) is 62.5 Å². The highest BCUT2D eigenvalue weighted by atomic mass is 35.5. The largest absolute Gasteiger partial charge is 0.465 e. The number of fused-ring (bicyclic) bond motifs is 1. The van der Waals surface area contributed by atoms with E-state index in [1.165, 1.54) is 12.3 Å². The summed E-state index contributed by atoms with van der Waals surface area (Å²) in [5.74, 6) is 0. The molecule has 0 radical (unpaired) electrons. The first-order chi connectivity index (χ1) is 6.66. The molecule has 0 bridgehead atoms. The molecular weight excluding hydrogens is 206 g/mol. The standard InChI is InChI=1S/C9H6ClNO3/c10-6-3-5-1-2-14-8(5)7(4-6)11-9(12)13/h1-4,11H,(H,12,13). The monoisotopic (exact) mass is 211 g/mol. The summed E-state index contributed by atoms with van der Waals surface area (Å²) in [4.78, 5) is 10.4. The molecule has 14 heavy (non-hydrogen) atoms. The molecule has 0 unspecified atom stereocenters. The van der Waals surface area contributed by atoms with Crippen molar-refractivity contribution in [2.45, 2.75) is 0 Å². The van der Waals surface area contributed by atoms with E-state index in [9.17, 15) is 4.79 Å². The molecule has 1 heterocycles. The van der Waals surface area contributed by atoms with Crippen molar-refractivity contribution in [2.24, 2.45) is 0 Å². The third-order valence-corrected chi connectivity index (χ3v) is 1.98. The van der Waals surface area contributed by atoms with Gasteiger partial charge in [-0.05, 0) is 18.2 Å². The lowest BCUT2D eigenvalue weighted by Gasteiger charge is -2.01. The molecule has 2 aromatic rings. The first-order valence-electron chi connectivity index (χ1n) is 3.83. The number of hydrogen-bond donors (Lipinski definition) is 2. The van der Waals surface area contributed by atoms with Crippen LogP contribution in [0.2, 0.25) is 5.02 Å². The van der Waals surface area contributed by atoms with E-state index in [0.29, 0.717) is 16.3 Å². The average molecular weight is 212 g/mol. The van der Waals surface area contributed by atoms with Gasteiger partial charge in [0, 0.05) is 10.4 Å². The minimum atomic E-state index is -1.15. The molecule has 72 valence electrons. The Kier molecular flexibility index (Phi) is 2.05. The van der Waals surface area contributed by atoms with Crippen LogP contribution < -0.4 is 5.32 Å². The molecule has 0 fully saturated rings. The molecule has 0 saturated heterocycles. The highest BCUT2D eigenvalue weighted by Crippen LogP contribution is 2.28. The van der Waals surface area contributed by atoms with Crippen molar-refractivity contribution in [1.82, 2.24) is 0 Å². The Morgan fingerprint density at radius 1 is 1.50 bits per heavy atom. The van der Waals surface area contributed by atoms with E-state index < -0.39 is 6.09 Å². The van der Waals surface area contributed by atoms with Gasteiger partial charge in [-0.15, -0.1) is 0 Å². The number of nitrogens with one attached hydrogen (secondary N) is 1. The molecule has 1 amide bonds. The van der Waals surface area contributed by atoms with Gasteiger partial charge in [-0.1, -0.05) is 11.6 Å². The van der Waals surface area contributed by atoms with E-state index in [0.717, 1.165) is 5.39 Å². The van der Waals surface area contributed by atoms with Gasteiger partial charge in [0.15, 0.2) is 5.58 Å². The van der Waals surface area contributed by atoms with Gasteiger partial charge in [0.25, 0.3) is 0 Å². The fourth-order valence-electron chi connectivity index (χ4n) is 1.25. The number of benzene rings is 1. The zero-order chi connectivity index (χ0) is 10.1. The maximum atomic E-state index is 10.4. The van der Waals surface area contributed by atoms with Crippen molar-refractivity contribution >= 4 is 34.4 Å². The molecular formula is C9H6ClNO3. The third-order valence-electron chi connectivity index (χ3n) is 1.76. The Hall–Kier alpha value is -1.68. The maximum Gasteiger partial charge on any atom is 0.409 e. The second-order valence-electron chi connectivity index (χ2n) is 2.72. The van der Waals surface area contributed by atoms with E-state index in [1.807, 2.05) is 0 Å². The van der Waals surface area contributed by atoms with Crippen molar-refractivity contribution in [3.05, 3.63) is 29.5 Å². The van der Waals surface area contributed by atoms with Crippen molar-refractivity contribution in [3.8, 4) is 0 Å². The van der Waals surface area contributed by atoms with Crippen LogP contribution in [0.4, 0.5) is 10.5 Å². The lowest BCUT2D eigenvalue weighted by molar-refractivity contribution is 0.209. The molecule has 0 spiro atoms. The number of furan rings is 1. The van der Waals surface area contributed by atoms with Crippen molar-refractivity contribution in [3.63, 3.8) is 0 Å². The molecule has 1 aromatic heterocycles. The van der Waals surface area contributed by atoms with E-state index in [2.05, 4.69) is 5.32 Å². The van der Waals surface area contributed by atoms with E-state index in [1.54, 1.807) is 12.1 Å². The van der Waals surface area contributed by atoms with Crippen LogP contribution in [-0.2, 0) is 0 Å². The normalized spacial score (nSPS) is 10.4. The van der Waals surface area contributed by atoms with Crippen LogP contribution in [0.3, 0.4) is 0 Å². The highest BCUT2D eigenvalue weighted by molar-refractivity contribution is 6.32. The maximum absolute atomic E-state index is 10.4. The van der Waals surface area contributed by atoms with Crippen LogP contribution in [0.25, 0.3) is 11.0 Å². The van der Waals surface area contributed by atoms with E-state index in [4.69, 9.17) is 21.1 Å². The lowest BCUT2D eigenvalue weighted by atomic mass is 10.2. The quantitative estimate of drug-likeness (QED) is 0.762. The van der Waals surface area contributed by atoms with Crippen LogP contribution >= 0.6 is 11.6 Å². The van der Waals surface area contributed by atoms with E-state index in [-0.39, 0.29) is 0 Å². The second kappa shape index (κ2) is 3.23. The second-order valence-corrected chi connectivity index (χ2v) is 3.16. The first-order valence-corrected chi connectivity index (χ1v) is 4.21. The van der Waals surface area contributed by atoms with Crippen LogP contribution in [0.15, 0.2) is 28.9 Å². The summed E-state index contributed by atoms with van der Waals surface area (Å²) in [5, 5.41) is 12.0. The molecule has 2 rings (SSSR count). The Morgan fingerprint density at radius 3 is 3.00 bits per heavy atom. The smallest absolute Gasteiger partial charge is 0.409 e.